The molecule has 52 heavy (non-hydrogen) atoms. The molecule has 4 aliphatic carbocycles. The zero-order valence-corrected chi connectivity index (χ0v) is 34.7. The SMILES string of the molecule is CCCCCCCCCCCCCNCCCC[C@H]1CC[C@H]2[C@H]3C(C[C@H](OCCCN)[C@]12C)[C@@]1(C)CC[C@@H](OCCCN)C[C@H]1C[C@H]3OCCCN. The number of fused-ring (bicyclic) bond motifs is 5. The van der Waals surface area contributed by atoms with E-state index >= 15 is 0 Å². The fraction of sp³-hybridized carbons (Fsp3) is 1.00. The van der Waals surface area contributed by atoms with Crippen LogP contribution in [0.2, 0.25) is 0 Å². The maximum Gasteiger partial charge on any atom is 0.0637 e. The second-order valence-electron chi connectivity index (χ2n) is 18.3. The topological polar surface area (TPSA) is 118 Å². The van der Waals surface area contributed by atoms with Gasteiger partial charge in [-0.25, -0.2) is 0 Å². The van der Waals surface area contributed by atoms with Crippen molar-refractivity contribution >= 4 is 0 Å². The fourth-order valence-electron chi connectivity index (χ4n) is 11.9. The fourth-order valence-corrected chi connectivity index (χ4v) is 11.9. The standard InChI is InChI=1S/C45H88N4O3/c1-4-5-6-7-8-9-10-11-12-13-15-28-49-29-16-14-20-36-21-22-39-43-40(35-42(45(36,39)3)52-32-19-27-48)44(2)24-23-38(50-30-17-25-46)33-37(44)34-41(43)51-31-18-26-47/h36-43,49H,4-35,46-48H2,1-3H3/t36-,37-,38+,39-,40?,41+,42-,43-,44-,45+/m0/s1. The summed E-state index contributed by atoms with van der Waals surface area (Å²) in [5, 5.41) is 3.79. The summed E-state index contributed by atoms with van der Waals surface area (Å²) in [5.74, 6) is 3.29. The number of hydrogen-bond donors (Lipinski definition) is 4. The van der Waals surface area contributed by atoms with Gasteiger partial charge in [-0.2, -0.15) is 0 Å². The first-order valence-electron chi connectivity index (χ1n) is 23.1. The van der Waals surface area contributed by atoms with Crippen LogP contribution in [0, 0.1) is 40.4 Å². The van der Waals surface area contributed by atoms with Gasteiger partial charge in [-0.3, -0.25) is 0 Å². The summed E-state index contributed by atoms with van der Waals surface area (Å²) in [6.45, 7) is 14.4. The third-order valence-electron chi connectivity index (χ3n) is 15.0. The van der Waals surface area contributed by atoms with Crippen molar-refractivity contribution in [2.45, 2.75) is 193 Å². The molecule has 0 aromatic carbocycles. The summed E-state index contributed by atoms with van der Waals surface area (Å²) in [7, 11) is 0. The van der Waals surface area contributed by atoms with Crippen LogP contribution in [0.15, 0.2) is 0 Å². The number of nitrogens with one attached hydrogen (secondary N) is 1. The molecule has 4 aliphatic rings. The number of unbranched alkanes of at least 4 members (excludes halogenated alkanes) is 11. The first kappa shape index (κ1) is 44.4. The minimum atomic E-state index is 0.208. The van der Waals surface area contributed by atoms with Crippen molar-refractivity contribution in [3.8, 4) is 0 Å². The molecule has 0 amide bonds. The van der Waals surface area contributed by atoms with E-state index in [1.165, 1.54) is 142 Å². The molecule has 0 aromatic heterocycles. The van der Waals surface area contributed by atoms with Crippen molar-refractivity contribution in [1.82, 2.24) is 5.32 Å². The van der Waals surface area contributed by atoms with Gasteiger partial charge < -0.3 is 36.7 Å². The van der Waals surface area contributed by atoms with E-state index in [9.17, 15) is 0 Å². The number of ether oxygens (including phenoxy) is 3. The summed E-state index contributed by atoms with van der Waals surface area (Å²) >= 11 is 0. The van der Waals surface area contributed by atoms with Crippen LogP contribution in [0.4, 0.5) is 0 Å². The van der Waals surface area contributed by atoms with E-state index in [1.807, 2.05) is 0 Å². The Kier molecular flexibility index (Phi) is 20.8. The molecule has 4 rings (SSSR count). The Balaban J connectivity index is 1.30. The molecular weight excluding hydrogens is 645 g/mol. The molecule has 0 aliphatic heterocycles. The molecule has 0 radical (unpaired) electrons. The predicted molar refractivity (Wildman–Crippen MR) is 219 cm³/mol. The van der Waals surface area contributed by atoms with Crippen LogP contribution in [0.1, 0.15) is 175 Å². The highest BCUT2D eigenvalue weighted by molar-refractivity contribution is 5.14. The molecule has 4 saturated carbocycles. The summed E-state index contributed by atoms with van der Waals surface area (Å²) in [4.78, 5) is 0. The Morgan fingerprint density at radius 2 is 1.19 bits per heavy atom. The Morgan fingerprint density at radius 1 is 0.596 bits per heavy atom. The smallest absolute Gasteiger partial charge is 0.0637 e. The monoisotopic (exact) mass is 733 g/mol. The van der Waals surface area contributed by atoms with Gasteiger partial charge in [-0.1, -0.05) is 91.4 Å². The molecule has 0 bridgehead atoms. The van der Waals surface area contributed by atoms with Gasteiger partial charge in [0.25, 0.3) is 0 Å². The third kappa shape index (κ3) is 12.4. The van der Waals surface area contributed by atoms with Crippen molar-refractivity contribution < 1.29 is 14.2 Å². The van der Waals surface area contributed by atoms with E-state index < -0.39 is 0 Å². The molecule has 0 saturated heterocycles. The highest BCUT2D eigenvalue weighted by atomic mass is 16.5. The average molecular weight is 733 g/mol. The van der Waals surface area contributed by atoms with Crippen molar-refractivity contribution in [1.29, 1.82) is 0 Å². The Labute approximate surface area is 322 Å². The minimum Gasteiger partial charge on any atom is -0.378 e. The van der Waals surface area contributed by atoms with Crippen LogP contribution in [0.5, 0.6) is 0 Å². The van der Waals surface area contributed by atoms with E-state index in [0.29, 0.717) is 67.0 Å². The van der Waals surface area contributed by atoms with Gasteiger partial charge in [0, 0.05) is 19.8 Å². The van der Waals surface area contributed by atoms with Crippen molar-refractivity contribution in [3.63, 3.8) is 0 Å². The lowest BCUT2D eigenvalue weighted by molar-refractivity contribution is -0.225. The van der Waals surface area contributed by atoms with Gasteiger partial charge in [0.1, 0.15) is 0 Å². The lowest BCUT2D eigenvalue weighted by Crippen LogP contribution is -2.63. The molecule has 4 fully saturated rings. The van der Waals surface area contributed by atoms with Crippen LogP contribution in [0.25, 0.3) is 0 Å². The lowest BCUT2D eigenvalue weighted by atomic mass is 9.43. The van der Waals surface area contributed by atoms with Crippen LogP contribution in [0.3, 0.4) is 0 Å². The Morgan fingerprint density at radius 3 is 1.85 bits per heavy atom. The maximum absolute atomic E-state index is 7.01. The molecule has 0 heterocycles. The number of hydrogen-bond acceptors (Lipinski definition) is 7. The molecule has 7 heteroatoms. The normalized spacial score (nSPS) is 34.3. The third-order valence-corrected chi connectivity index (χ3v) is 15.0. The van der Waals surface area contributed by atoms with Gasteiger partial charge in [0.05, 0.1) is 18.3 Å². The van der Waals surface area contributed by atoms with E-state index in [-0.39, 0.29) is 5.41 Å². The molecule has 0 spiro atoms. The zero-order chi connectivity index (χ0) is 37.1. The van der Waals surface area contributed by atoms with E-state index in [0.717, 1.165) is 51.4 Å². The molecule has 7 N–H and O–H groups in total. The molecule has 0 aromatic rings. The number of nitrogens with two attached hydrogens (primary N) is 3. The van der Waals surface area contributed by atoms with Crippen molar-refractivity contribution in [2.75, 3.05) is 52.5 Å². The highest BCUT2D eigenvalue weighted by Gasteiger charge is 2.66. The summed E-state index contributed by atoms with van der Waals surface area (Å²) in [6.07, 6.45) is 32.0. The van der Waals surface area contributed by atoms with E-state index in [1.54, 1.807) is 0 Å². The van der Waals surface area contributed by atoms with Gasteiger partial charge in [0.15, 0.2) is 0 Å². The summed E-state index contributed by atoms with van der Waals surface area (Å²) in [6, 6.07) is 0. The second kappa shape index (κ2) is 24.4. The van der Waals surface area contributed by atoms with Gasteiger partial charge >= 0.3 is 0 Å². The van der Waals surface area contributed by atoms with Gasteiger partial charge in [-0.15, -0.1) is 0 Å². The first-order chi connectivity index (χ1) is 25.4. The largest absolute Gasteiger partial charge is 0.378 e. The first-order valence-corrected chi connectivity index (χ1v) is 23.1. The van der Waals surface area contributed by atoms with Gasteiger partial charge in [-0.05, 0) is 157 Å². The Hall–Kier alpha value is -0.280. The summed E-state index contributed by atoms with van der Waals surface area (Å²) < 4.78 is 20.3. The van der Waals surface area contributed by atoms with Gasteiger partial charge in [0.2, 0.25) is 0 Å². The lowest BCUT2D eigenvalue weighted by Gasteiger charge is -2.64. The zero-order valence-electron chi connectivity index (χ0n) is 34.7. The Bertz CT molecular complexity index is 925. The van der Waals surface area contributed by atoms with Crippen molar-refractivity contribution in [3.05, 3.63) is 0 Å². The summed E-state index contributed by atoms with van der Waals surface area (Å²) in [5.41, 5.74) is 18.3. The molecule has 7 nitrogen and oxygen atoms in total. The van der Waals surface area contributed by atoms with Crippen LogP contribution >= 0.6 is 0 Å². The highest BCUT2D eigenvalue weighted by Crippen LogP contribution is 2.69. The van der Waals surface area contributed by atoms with E-state index in [4.69, 9.17) is 31.4 Å². The second-order valence-corrected chi connectivity index (χ2v) is 18.3. The predicted octanol–water partition coefficient (Wildman–Crippen LogP) is 9.14. The molecular formula is C45H88N4O3. The molecule has 306 valence electrons. The number of rotatable bonds is 29. The van der Waals surface area contributed by atoms with Crippen LogP contribution < -0.4 is 22.5 Å². The molecule has 10 atom stereocenters. The minimum absolute atomic E-state index is 0.208. The maximum atomic E-state index is 7.01. The average Bonchev–Trinajstić information content (AvgIpc) is 3.48. The van der Waals surface area contributed by atoms with Crippen LogP contribution in [-0.2, 0) is 14.2 Å². The van der Waals surface area contributed by atoms with Crippen LogP contribution in [-0.4, -0.2) is 70.9 Å². The molecule has 1 unspecified atom stereocenters. The quantitative estimate of drug-likeness (QED) is 0.0567. The van der Waals surface area contributed by atoms with E-state index in [2.05, 4.69) is 26.1 Å². The van der Waals surface area contributed by atoms with Crippen molar-refractivity contribution in [2.24, 2.45) is 57.6 Å².